The van der Waals surface area contributed by atoms with E-state index >= 15 is 0 Å². The van der Waals surface area contributed by atoms with Gasteiger partial charge in [-0.1, -0.05) is 39.0 Å². The van der Waals surface area contributed by atoms with Crippen LogP contribution in [0.2, 0.25) is 0 Å². The van der Waals surface area contributed by atoms with Gasteiger partial charge in [0.15, 0.2) is 11.4 Å². The summed E-state index contributed by atoms with van der Waals surface area (Å²) in [6.07, 6.45) is -1.89. The molecule has 39 heavy (non-hydrogen) atoms. The molecular weight excluding hydrogens is 504 g/mol. The molecule has 1 aromatic carbocycles. The Morgan fingerprint density at radius 1 is 1.13 bits per heavy atom. The summed E-state index contributed by atoms with van der Waals surface area (Å²) in [6, 6.07) is 7.23. The van der Waals surface area contributed by atoms with Crippen molar-refractivity contribution < 1.29 is 43.9 Å². The predicted octanol–water partition coefficient (Wildman–Crippen LogP) is 2.73. The van der Waals surface area contributed by atoms with Crippen molar-refractivity contribution in [2.45, 2.75) is 95.6 Å². The molecule has 0 aromatic heterocycles. The molecule has 2 saturated carbocycles. The normalized spacial score (nSPS) is 41.2. The highest BCUT2D eigenvalue weighted by molar-refractivity contribution is 5.92. The van der Waals surface area contributed by atoms with Gasteiger partial charge in [0.05, 0.1) is 31.5 Å². The second-order valence-electron chi connectivity index (χ2n) is 12.7. The maximum Gasteiger partial charge on any atom is 0.332 e. The first-order chi connectivity index (χ1) is 18.1. The van der Waals surface area contributed by atoms with Gasteiger partial charge < -0.3 is 34.3 Å². The lowest BCUT2D eigenvalue weighted by Gasteiger charge is -2.70. The molecule has 0 radical (unpaired) electrons. The van der Waals surface area contributed by atoms with E-state index in [0.717, 1.165) is 5.56 Å². The maximum atomic E-state index is 13.8. The second kappa shape index (κ2) is 9.96. The summed E-state index contributed by atoms with van der Waals surface area (Å²) in [5, 5.41) is 35.5. The van der Waals surface area contributed by atoms with Crippen LogP contribution in [0.25, 0.3) is 0 Å². The Kier molecular flexibility index (Phi) is 7.58. The van der Waals surface area contributed by atoms with E-state index in [2.05, 4.69) is 6.58 Å². The van der Waals surface area contributed by atoms with Crippen LogP contribution in [-0.2, 0) is 30.4 Å². The third kappa shape index (κ3) is 4.62. The lowest BCUT2D eigenvalue weighted by Crippen LogP contribution is -2.83. The van der Waals surface area contributed by atoms with Gasteiger partial charge in [0.1, 0.15) is 24.1 Å². The van der Waals surface area contributed by atoms with Crippen molar-refractivity contribution >= 4 is 11.8 Å². The summed E-state index contributed by atoms with van der Waals surface area (Å²) in [5.41, 5.74) is -6.16. The Morgan fingerprint density at radius 2 is 1.77 bits per heavy atom. The minimum atomic E-state index is -2.15. The largest absolute Gasteiger partial charge is 0.497 e. The number of rotatable bonds is 7. The zero-order chi connectivity index (χ0) is 29.0. The molecule has 3 fully saturated rings. The number of Topliss-reactive ketones (excluding diaryl/α,β-unsaturated/α-hetero) is 1. The first kappa shape index (κ1) is 29.7. The zero-order valence-electron chi connectivity index (χ0n) is 23.7. The van der Waals surface area contributed by atoms with Crippen molar-refractivity contribution in [1.29, 1.82) is 0 Å². The molecule has 8 atom stereocenters. The van der Waals surface area contributed by atoms with E-state index in [9.17, 15) is 24.9 Å². The van der Waals surface area contributed by atoms with Gasteiger partial charge in [-0.25, -0.2) is 4.79 Å². The van der Waals surface area contributed by atoms with Crippen LogP contribution >= 0.6 is 0 Å². The highest BCUT2D eigenvalue weighted by atomic mass is 16.6. The van der Waals surface area contributed by atoms with E-state index in [-0.39, 0.29) is 32.5 Å². The molecular formula is C30H42O9. The number of carbonyl (C=O) groups is 2. The number of methoxy groups -OCH3 is 1. The van der Waals surface area contributed by atoms with Gasteiger partial charge in [-0.15, -0.1) is 6.58 Å². The zero-order valence-corrected chi connectivity index (χ0v) is 23.7. The number of esters is 1. The van der Waals surface area contributed by atoms with E-state index in [1.165, 1.54) is 6.08 Å². The fourth-order valence-electron chi connectivity index (χ4n) is 7.84. The van der Waals surface area contributed by atoms with Crippen molar-refractivity contribution in [2.75, 3.05) is 13.7 Å². The summed E-state index contributed by atoms with van der Waals surface area (Å²) >= 11 is 0. The lowest BCUT2D eigenvalue weighted by atomic mass is 9.40. The minimum absolute atomic E-state index is 0.00126. The number of ketones is 1. The van der Waals surface area contributed by atoms with E-state index < -0.39 is 63.6 Å². The van der Waals surface area contributed by atoms with Crippen molar-refractivity contribution in [2.24, 2.45) is 16.7 Å². The summed E-state index contributed by atoms with van der Waals surface area (Å²) < 4.78 is 22.7. The van der Waals surface area contributed by atoms with E-state index in [1.807, 2.05) is 26.0 Å². The molecule has 2 aliphatic carbocycles. The monoisotopic (exact) mass is 546 g/mol. The SMILES string of the molecule is C=C[C@@]1(C)CC(=O)[C@]2(O)[C@@]3(C)[C@@H](O)C(OC(=O)COCc4ccc(OC)cc4)CC(C)(C)[C@@H]3[C@H](O)C[C@@]2(C)O1. The smallest absolute Gasteiger partial charge is 0.332 e. The topological polar surface area (TPSA) is 132 Å². The second-order valence-corrected chi connectivity index (χ2v) is 12.7. The lowest BCUT2D eigenvalue weighted by molar-refractivity contribution is -0.350. The third-order valence-corrected chi connectivity index (χ3v) is 9.45. The first-order valence-electron chi connectivity index (χ1n) is 13.4. The fraction of sp³-hybridized carbons (Fsp3) is 0.667. The molecule has 9 heteroatoms. The molecule has 3 N–H and O–H groups in total. The standard InChI is InChI=1S/C30H42O9/c1-8-27(4)15-22(32)30(35)28(5,39-27)13-20(31)24-26(2,3)14-21(25(34)29(24,30)6)38-23(33)17-37-16-18-9-11-19(36-7)12-10-18/h8-12,20-21,24-25,31,34-35H,1,13-17H2,2-7H3/t20-,21?,24+,25+,27+,28-,29-,30-/m1/s1. The van der Waals surface area contributed by atoms with Crippen molar-refractivity contribution in [3.05, 3.63) is 42.5 Å². The summed E-state index contributed by atoms with van der Waals surface area (Å²) in [6.45, 7) is 12.3. The van der Waals surface area contributed by atoms with Gasteiger partial charge in [0.2, 0.25) is 0 Å². The van der Waals surface area contributed by atoms with Crippen LogP contribution < -0.4 is 4.74 Å². The van der Waals surface area contributed by atoms with Crippen LogP contribution in [0.4, 0.5) is 0 Å². The molecule has 1 unspecified atom stereocenters. The molecule has 1 saturated heterocycles. The van der Waals surface area contributed by atoms with Gasteiger partial charge in [-0.3, -0.25) is 4.79 Å². The number of aliphatic hydroxyl groups excluding tert-OH is 2. The Bertz CT molecular complexity index is 1120. The van der Waals surface area contributed by atoms with Gasteiger partial charge in [-0.2, -0.15) is 0 Å². The Labute approximate surface area is 230 Å². The molecule has 0 bridgehead atoms. The number of hydrogen-bond donors (Lipinski definition) is 3. The highest BCUT2D eigenvalue weighted by Gasteiger charge is 2.79. The van der Waals surface area contributed by atoms with Gasteiger partial charge in [-0.05, 0) is 43.4 Å². The number of benzene rings is 1. The van der Waals surface area contributed by atoms with E-state index in [0.29, 0.717) is 5.75 Å². The van der Waals surface area contributed by atoms with Gasteiger partial charge >= 0.3 is 5.97 Å². The molecule has 0 amide bonds. The van der Waals surface area contributed by atoms with Gasteiger partial charge in [0.25, 0.3) is 0 Å². The van der Waals surface area contributed by atoms with Crippen LogP contribution in [0.15, 0.2) is 36.9 Å². The number of carbonyl (C=O) groups excluding carboxylic acids is 2. The van der Waals surface area contributed by atoms with Crippen molar-refractivity contribution in [3.8, 4) is 5.75 Å². The summed E-state index contributed by atoms with van der Waals surface area (Å²) in [4.78, 5) is 26.6. The Hall–Kier alpha value is -2.30. The van der Waals surface area contributed by atoms with Crippen LogP contribution in [0, 0.1) is 16.7 Å². The maximum absolute atomic E-state index is 13.8. The third-order valence-electron chi connectivity index (χ3n) is 9.45. The van der Waals surface area contributed by atoms with Crippen LogP contribution in [0.5, 0.6) is 5.75 Å². The van der Waals surface area contributed by atoms with Crippen LogP contribution in [-0.4, -0.2) is 75.9 Å². The molecule has 3 aliphatic rings. The van der Waals surface area contributed by atoms with Crippen LogP contribution in [0.1, 0.15) is 59.4 Å². The number of ether oxygens (including phenoxy) is 4. The van der Waals surface area contributed by atoms with Crippen molar-refractivity contribution in [1.82, 2.24) is 0 Å². The molecule has 216 valence electrons. The average molecular weight is 547 g/mol. The molecule has 1 heterocycles. The molecule has 9 nitrogen and oxygen atoms in total. The molecule has 4 rings (SSSR count). The fourth-order valence-corrected chi connectivity index (χ4v) is 7.84. The average Bonchev–Trinajstić information content (AvgIpc) is 2.84. The Morgan fingerprint density at radius 3 is 2.36 bits per heavy atom. The van der Waals surface area contributed by atoms with E-state index in [1.54, 1.807) is 40.0 Å². The van der Waals surface area contributed by atoms with Crippen LogP contribution in [0.3, 0.4) is 0 Å². The summed E-state index contributed by atoms with van der Waals surface area (Å²) in [5.74, 6) is -1.15. The van der Waals surface area contributed by atoms with Crippen molar-refractivity contribution in [3.63, 3.8) is 0 Å². The number of hydrogen-bond acceptors (Lipinski definition) is 9. The predicted molar refractivity (Wildman–Crippen MR) is 142 cm³/mol. The molecule has 1 aliphatic heterocycles. The minimum Gasteiger partial charge on any atom is -0.497 e. The van der Waals surface area contributed by atoms with Gasteiger partial charge in [0, 0.05) is 24.2 Å². The first-order valence-corrected chi connectivity index (χ1v) is 13.4. The molecule has 0 spiro atoms. The molecule has 1 aromatic rings. The Balaban J connectivity index is 1.57. The van der Waals surface area contributed by atoms with E-state index in [4.69, 9.17) is 18.9 Å². The summed E-state index contributed by atoms with van der Waals surface area (Å²) in [7, 11) is 1.58. The highest BCUT2D eigenvalue weighted by Crippen LogP contribution is 2.66. The number of fused-ring (bicyclic) bond motifs is 3. The quantitative estimate of drug-likeness (QED) is 0.349. The number of aliphatic hydroxyl groups is 3.